The van der Waals surface area contributed by atoms with Gasteiger partial charge in [-0.15, -0.1) is 0 Å². The minimum atomic E-state index is 0.343. The standard InChI is InChI=1S/C15H22BrNO/c1-10-6-7-12(8-11(10)2)18-15-5-3-4-14(16)13(15)9-17/h3-5,10-12H,6-9,17H2,1-2H3. The zero-order valence-electron chi connectivity index (χ0n) is 11.2. The molecule has 3 heteroatoms. The molecule has 1 aromatic rings. The predicted molar refractivity (Wildman–Crippen MR) is 78.6 cm³/mol. The van der Waals surface area contributed by atoms with E-state index in [-0.39, 0.29) is 0 Å². The predicted octanol–water partition coefficient (Wildman–Crippen LogP) is 4.11. The first-order chi connectivity index (χ1) is 8.61. The maximum atomic E-state index is 6.17. The molecule has 0 amide bonds. The summed E-state index contributed by atoms with van der Waals surface area (Å²) in [6.45, 7) is 5.17. The van der Waals surface area contributed by atoms with Gasteiger partial charge in [-0.2, -0.15) is 0 Å². The summed E-state index contributed by atoms with van der Waals surface area (Å²) in [5.74, 6) is 2.51. The molecule has 0 aliphatic heterocycles. The van der Waals surface area contributed by atoms with Crippen molar-refractivity contribution in [1.82, 2.24) is 0 Å². The highest BCUT2D eigenvalue weighted by atomic mass is 79.9. The third kappa shape index (κ3) is 3.07. The van der Waals surface area contributed by atoms with Crippen molar-refractivity contribution in [2.45, 2.75) is 45.8 Å². The summed E-state index contributed by atoms with van der Waals surface area (Å²) in [6, 6.07) is 6.05. The maximum absolute atomic E-state index is 6.17. The lowest BCUT2D eigenvalue weighted by Crippen LogP contribution is -2.29. The number of hydrogen-bond acceptors (Lipinski definition) is 2. The van der Waals surface area contributed by atoms with E-state index < -0.39 is 0 Å². The molecule has 1 aromatic carbocycles. The molecule has 100 valence electrons. The Labute approximate surface area is 118 Å². The summed E-state index contributed by atoms with van der Waals surface area (Å²) in [6.07, 6.45) is 3.91. The Hall–Kier alpha value is -0.540. The van der Waals surface area contributed by atoms with Crippen molar-refractivity contribution in [3.05, 3.63) is 28.2 Å². The summed E-state index contributed by atoms with van der Waals surface area (Å²) in [7, 11) is 0. The molecule has 0 radical (unpaired) electrons. The smallest absolute Gasteiger partial charge is 0.125 e. The highest BCUT2D eigenvalue weighted by Gasteiger charge is 2.26. The van der Waals surface area contributed by atoms with Gasteiger partial charge >= 0.3 is 0 Å². The van der Waals surface area contributed by atoms with E-state index in [0.717, 1.165) is 40.5 Å². The lowest BCUT2D eigenvalue weighted by Gasteiger charge is -2.32. The van der Waals surface area contributed by atoms with E-state index in [4.69, 9.17) is 10.5 Å². The minimum absolute atomic E-state index is 0.343. The van der Waals surface area contributed by atoms with Crippen molar-refractivity contribution < 1.29 is 4.74 Å². The van der Waals surface area contributed by atoms with Crippen molar-refractivity contribution >= 4 is 15.9 Å². The lowest BCUT2D eigenvalue weighted by atomic mass is 9.80. The molecular weight excluding hydrogens is 290 g/mol. The Morgan fingerprint density at radius 2 is 2.06 bits per heavy atom. The minimum Gasteiger partial charge on any atom is -0.490 e. The fourth-order valence-electron chi connectivity index (χ4n) is 2.63. The van der Waals surface area contributed by atoms with Gasteiger partial charge in [-0.1, -0.05) is 35.8 Å². The SMILES string of the molecule is CC1CCC(Oc2cccc(Br)c2CN)CC1C. The van der Waals surface area contributed by atoms with Crippen LogP contribution < -0.4 is 10.5 Å². The van der Waals surface area contributed by atoms with Gasteiger partial charge in [-0.25, -0.2) is 0 Å². The Morgan fingerprint density at radius 3 is 2.72 bits per heavy atom. The van der Waals surface area contributed by atoms with Crippen molar-refractivity contribution in [2.75, 3.05) is 0 Å². The monoisotopic (exact) mass is 311 g/mol. The highest BCUT2D eigenvalue weighted by Crippen LogP contribution is 2.34. The summed E-state index contributed by atoms with van der Waals surface area (Å²) in [5, 5.41) is 0. The third-order valence-electron chi connectivity index (χ3n) is 4.12. The molecule has 3 unspecified atom stereocenters. The molecule has 1 saturated carbocycles. The van der Waals surface area contributed by atoms with Crippen molar-refractivity contribution in [3.63, 3.8) is 0 Å². The van der Waals surface area contributed by atoms with E-state index in [0.29, 0.717) is 12.6 Å². The molecule has 0 spiro atoms. The number of rotatable bonds is 3. The van der Waals surface area contributed by atoms with E-state index in [1.807, 2.05) is 18.2 Å². The first-order valence-electron chi connectivity index (χ1n) is 6.76. The lowest BCUT2D eigenvalue weighted by molar-refractivity contribution is 0.0996. The first kappa shape index (κ1) is 13.9. The van der Waals surface area contributed by atoms with Crippen LogP contribution in [0.2, 0.25) is 0 Å². The van der Waals surface area contributed by atoms with Crippen LogP contribution in [-0.2, 0) is 6.54 Å². The van der Waals surface area contributed by atoms with Crippen LogP contribution in [0.5, 0.6) is 5.75 Å². The maximum Gasteiger partial charge on any atom is 0.125 e. The van der Waals surface area contributed by atoms with Crippen LogP contribution >= 0.6 is 15.9 Å². The van der Waals surface area contributed by atoms with Gasteiger partial charge in [0.1, 0.15) is 5.75 Å². The van der Waals surface area contributed by atoms with E-state index in [9.17, 15) is 0 Å². The Morgan fingerprint density at radius 1 is 1.28 bits per heavy atom. The molecular formula is C15H22BrNO. The van der Waals surface area contributed by atoms with Gasteiger partial charge in [0, 0.05) is 16.6 Å². The van der Waals surface area contributed by atoms with Crippen LogP contribution in [0.25, 0.3) is 0 Å². The van der Waals surface area contributed by atoms with Gasteiger partial charge in [0.15, 0.2) is 0 Å². The number of hydrogen-bond donors (Lipinski definition) is 1. The fourth-order valence-corrected chi connectivity index (χ4v) is 3.14. The summed E-state index contributed by atoms with van der Waals surface area (Å²) in [4.78, 5) is 0. The second-order valence-corrected chi connectivity index (χ2v) is 6.28. The Bertz CT molecular complexity index is 407. The zero-order chi connectivity index (χ0) is 13.1. The molecule has 1 aliphatic rings. The molecule has 18 heavy (non-hydrogen) atoms. The van der Waals surface area contributed by atoms with Crippen molar-refractivity contribution in [1.29, 1.82) is 0 Å². The summed E-state index contributed by atoms with van der Waals surface area (Å²) in [5.41, 5.74) is 6.87. The van der Waals surface area contributed by atoms with E-state index in [1.54, 1.807) is 0 Å². The molecule has 1 fully saturated rings. The normalized spacial score (nSPS) is 28.1. The third-order valence-corrected chi connectivity index (χ3v) is 4.87. The molecule has 0 bridgehead atoms. The van der Waals surface area contributed by atoms with Gasteiger partial charge in [0.25, 0.3) is 0 Å². The average molecular weight is 312 g/mol. The molecule has 0 saturated heterocycles. The van der Waals surface area contributed by atoms with Crippen LogP contribution in [0.15, 0.2) is 22.7 Å². The van der Waals surface area contributed by atoms with Crippen LogP contribution in [0.1, 0.15) is 38.7 Å². The van der Waals surface area contributed by atoms with Crippen LogP contribution in [0.4, 0.5) is 0 Å². The topological polar surface area (TPSA) is 35.2 Å². The molecule has 2 rings (SSSR count). The van der Waals surface area contributed by atoms with Crippen molar-refractivity contribution in [3.8, 4) is 5.75 Å². The Balaban J connectivity index is 2.08. The molecule has 1 aliphatic carbocycles. The molecule has 2 N–H and O–H groups in total. The Kier molecular flexibility index (Phi) is 4.68. The van der Waals surface area contributed by atoms with E-state index in [1.165, 1.54) is 6.42 Å². The van der Waals surface area contributed by atoms with Crippen molar-refractivity contribution in [2.24, 2.45) is 17.6 Å². The van der Waals surface area contributed by atoms with Gasteiger partial charge in [0.2, 0.25) is 0 Å². The molecule has 0 heterocycles. The quantitative estimate of drug-likeness (QED) is 0.911. The fraction of sp³-hybridized carbons (Fsp3) is 0.600. The summed E-state index contributed by atoms with van der Waals surface area (Å²) < 4.78 is 7.21. The summed E-state index contributed by atoms with van der Waals surface area (Å²) >= 11 is 3.53. The second kappa shape index (κ2) is 6.07. The average Bonchev–Trinajstić information content (AvgIpc) is 2.34. The van der Waals surface area contributed by atoms with Crippen LogP contribution in [0.3, 0.4) is 0 Å². The number of ether oxygens (including phenoxy) is 1. The number of nitrogens with two attached hydrogens (primary N) is 1. The first-order valence-corrected chi connectivity index (χ1v) is 7.55. The van der Waals surface area contributed by atoms with Crippen LogP contribution in [-0.4, -0.2) is 6.10 Å². The molecule has 0 aromatic heterocycles. The van der Waals surface area contributed by atoms with Crippen LogP contribution in [0, 0.1) is 11.8 Å². The zero-order valence-corrected chi connectivity index (χ0v) is 12.7. The number of benzene rings is 1. The van der Waals surface area contributed by atoms with E-state index >= 15 is 0 Å². The van der Waals surface area contributed by atoms with Gasteiger partial charge in [-0.05, 0) is 43.2 Å². The van der Waals surface area contributed by atoms with Gasteiger partial charge in [0.05, 0.1) is 6.10 Å². The largest absolute Gasteiger partial charge is 0.490 e. The molecule has 2 nitrogen and oxygen atoms in total. The van der Waals surface area contributed by atoms with E-state index in [2.05, 4.69) is 29.8 Å². The van der Waals surface area contributed by atoms with Gasteiger partial charge in [-0.3, -0.25) is 0 Å². The van der Waals surface area contributed by atoms with Gasteiger partial charge < -0.3 is 10.5 Å². The number of halogens is 1. The highest BCUT2D eigenvalue weighted by molar-refractivity contribution is 9.10. The molecule has 3 atom stereocenters. The second-order valence-electron chi connectivity index (χ2n) is 5.43.